The van der Waals surface area contributed by atoms with E-state index in [1.807, 2.05) is 74.2 Å². The van der Waals surface area contributed by atoms with Gasteiger partial charge in [-0.3, -0.25) is 14.4 Å². The Morgan fingerprint density at radius 3 is 2.35 bits per heavy atom. The summed E-state index contributed by atoms with van der Waals surface area (Å²) >= 11 is 0. The Morgan fingerprint density at radius 1 is 1.00 bits per heavy atom. The standard InChI is InChI=1S/C28H37N3O3/c1-4-21(3)29-28(34)26(30-27(33)24-12-8-9-20(2)19-24)23-15-17-31(18-16-23)25(32)14-13-22-10-6-5-7-11-22/h5-12,19,21,23,26H,4,13-18H2,1-3H3,(H,29,34)(H,30,33)/t21-,26-/m0/s1. The Kier molecular flexibility index (Phi) is 9.25. The number of hydrogen-bond donors (Lipinski definition) is 2. The number of carbonyl (C=O) groups is 3. The number of piperidine rings is 1. The first-order valence-corrected chi connectivity index (χ1v) is 12.4. The molecule has 0 radical (unpaired) electrons. The zero-order valence-electron chi connectivity index (χ0n) is 20.5. The lowest BCUT2D eigenvalue weighted by Gasteiger charge is -2.36. The molecule has 2 aromatic rings. The van der Waals surface area contributed by atoms with E-state index in [4.69, 9.17) is 0 Å². The van der Waals surface area contributed by atoms with Crippen LogP contribution in [-0.4, -0.2) is 47.8 Å². The van der Waals surface area contributed by atoms with Gasteiger partial charge in [-0.25, -0.2) is 0 Å². The molecule has 2 atom stereocenters. The van der Waals surface area contributed by atoms with Gasteiger partial charge in [0.2, 0.25) is 11.8 Å². The zero-order chi connectivity index (χ0) is 24.5. The highest BCUT2D eigenvalue weighted by molar-refractivity contribution is 5.97. The highest BCUT2D eigenvalue weighted by Crippen LogP contribution is 2.23. The van der Waals surface area contributed by atoms with Crippen LogP contribution in [0.1, 0.15) is 61.0 Å². The van der Waals surface area contributed by atoms with Crippen molar-refractivity contribution < 1.29 is 14.4 Å². The molecule has 3 amide bonds. The van der Waals surface area contributed by atoms with Gasteiger partial charge in [0.15, 0.2) is 0 Å². The molecule has 0 aliphatic carbocycles. The molecule has 0 unspecified atom stereocenters. The van der Waals surface area contributed by atoms with Crippen LogP contribution in [0.3, 0.4) is 0 Å². The molecular formula is C28H37N3O3. The summed E-state index contributed by atoms with van der Waals surface area (Å²) in [7, 11) is 0. The van der Waals surface area contributed by atoms with Gasteiger partial charge in [0.1, 0.15) is 6.04 Å². The summed E-state index contributed by atoms with van der Waals surface area (Å²) < 4.78 is 0. The lowest BCUT2D eigenvalue weighted by atomic mass is 9.88. The highest BCUT2D eigenvalue weighted by atomic mass is 16.2. The third-order valence-electron chi connectivity index (χ3n) is 6.68. The van der Waals surface area contributed by atoms with Crippen molar-refractivity contribution in [1.82, 2.24) is 15.5 Å². The number of carbonyl (C=O) groups excluding carboxylic acids is 3. The number of nitrogens with zero attached hydrogens (tertiary/aromatic N) is 1. The molecule has 1 saturated heterocycles. The summed E-state index contributed by atoms with van der Waals surface area (Å²) in [6.07, 6.45) is 3.40. The van der Waals surface area contributed by atoms with Crippen molar-refractivity contribution in [2.75, 3.05) is 13.1 Å². The van der Waals surface area contributed by atoms with Gasteiger partial charge in [0.25, 0.3) is 5.91 Å². The molecule has 0 spiro atoms. The molecule has 0 bridgehead atoms. The maximum absolute atomic E-state index is 13.1. The van der Waals surface area contributed by atoms with Crippen LogP contribution in [0.5, 0.6) is 0 Å². The first kappa shape index (κ1) is 25.5. The molecule has 1 heterocycles. The van der Waals surface area contributed by atoms with Crippen LogP contribution in [-0.2, 0) is 16.0 Å². The average Bonchev–Trinajstić information content (AvgIpc) is 2.86. The molecular weight excluding hydrogens is 426 g/mol. The Morgan fingerprint density at radius 2 is 1.71 bits per heavy atom. The summed E-state index contributed by atoms with van der Waals surface area (Å²) in [5, 5.41) is 6.03. The molecule has 6 nitrogen and oxygen atoms in total. The largest absolute Gasteiger partial charge is 0.352 e. The second-order valence-electron chi connectivity index (χ2n) is 9.34. The van der Waals surface area contributed by atoms with Crippen LogP contribution in [0, 0.1) is 12.8 Å². The van der Waals surface area contributed by atoms with Crippen molar-refractivity contribution in [3.63, 3.8) is 0 Å². The maximum Gasteiger partial charge on any atom is 0.251 e. The number of amides is 3. The first-order valence-electron chi connectivity index (χ1n) is 12.4. The van der Waals surface area contributed by atoms with Crippen LogP contribution in [0.15, 0.2) is 54.6 Å². The van der Waals surface area contributed by atoms with E-state index in [2.05, 4.69) is 10.6 Å². The molecule has 0 aromatic heterocycles. The quantitative estimate of drug-likeness (QED) is 0.592. The second-order valence-corrected chi connectivity index (χ2v) is 9.34. The van der Waals surface area contributed by atoms with Crippen LogP contribution in [0.4, 0.5) is 0 Å². The predicted octanol–water partition coefficient (Wildman–Crippen LogP) is 3.88. The number of rotatable bonds is 9. The third-order valence-corrected chi connectivity index (χ3v) is 6.68. The van der Waals surface area contributed by atoms with Crippen molar-refractivity contribution in [3.05, 3.63) is 71.3 Å². The van der Waals surface area contributed by atoms with Gasteiger partial charge in [-0.2, -0.15) is 0 Å². The minimum atomic E-state index is -0.622. The van der Waals surface area contributed by atoms with Crippen LogP contribution in [0.25, 0.3) is 0 Å². The average molecular weight is 464 g/mol. The summed E-state index contributed by atoms with van der Waals surface area (Å²) in [4.78, 5) is 40.7. The summed E-state index contributed by atoms with van der Waals surface area (Å²) in [6.45, 7) is 7.13. The van der Waals surface area contributed by atoms with Gasteiger partial charge in [0, 0.05) is 31.1 Å². The fraction of sp³-hybridized carbons (Fsp3) is 0.464. The zero-order valence-corrected chi connectivity index (χ0v) is 20.5. The van der Waals surface area contributed by atoms with Gasteiger partial charge in [-0.05, 0) is 63.1 Å². The summed E-state index contributed by atoms with van der Waals surface area (Å²) in [5.74, 6) is -0.263. The second kappa shape index (κ2) is 12.4. The molecule has 34 heavy (non-hydrogen) atoms. The number of aryl methyl sites for hydroxylation is 2. The van der Waals surface area contributed by atoms with Crippen molar-refractivity contribution in [1.29, 1.82) is 0 Å². The van der Waals surface area contributed by atoms with Crippen LogP contribution < -0.4 is 10.6 Å². The van der Waals surface area contributed by atoms with E-state index in [9.17, 15) is 14.4 Å². The van der Waals surface area contributed by atoms with E-state index in [1.54, 1.807) is 6.07 Å². The topological polar surface area (TPSA) is 78.5 Å². The maximum atomic E-state index is 13.1. The Balaban J connectivity index is 1.61. The van der Waals surface area contributed by atoms with E-state index < -0.39 is 6.04 Å². The van der Waals surface area contributed by atoms with Crippen LogP contribution in [0.2, 0.25) is 0 Å². The van der Waals surface area contributed by atoms with Crippen molar-refractivity contribution in [2.24, 2.45) is 5.92 Å². The Hall–Kier alpha value is -3.15. The molecule has 6 heteroatoms. The van der Waals surface area contributed by atoms with Gasteiger partial charge in [-0.15, -0.1) is 0 Å². The molecule has 2 N–H and O–H groups in total. The van der Waals surface area contributed by atoms with Crippen molar-refractivity contribution in [2.45, 2.75) is 65.0 Å². The fourth-order valence-corrected chi connectivity index (χ4v) is 4.38. The van der Waals surface area contributed by atoms with Crippen molar-refractivity contribution in [3.8, 4) is 0 Å². The van der Waals surface area contributed by atoms with Crippen molar-refractivity contribution >= 4 is 17.7 Å². The summed E-state index contributed by atoms with van der Waals surface area (Å²) in [5.41, 5.74) is 2.71. The van der Waals surface area contributed by atoms with E-state index in [1.165, 1.54) is 0 Å². The number of benzene rings is 2. The van der Waals surface area contributed by atoms with Gasteiger partial charge in [-0.1, -0.05) is 55.0 Å². The molecule has 182 valence electrons. The molecule has 0 saturated carbocycles. The number of nitrogens with one attached hydrogen (secondary N) is 2. The van der Waals surface area contributed by atoms with Gasteiger partial charge >= 0.3 is 0 Å². The Labute approximate surface area is 203 Å². The van der Waals surface area contributed by atoms with Crippen LogP contribution >= 0.6 is 0 Å². The minimum absolute atomic E-state index is 0.0176. The summed E-state index contributed by atoms with van der Waals surface area (Å²) in [6, 6.07) is 16.8. The predicted molar refractivity (Wildman–Crippen MR) is 134 cm³/mol. The molecule has 2 aromatic carbocycles. The highest BCUT2D eigenvalue weighted by Gasteiger charge is 2.34. The number of hydrogen-bond acceptors (Lipinski definition) is 3. The van der Waals surface area contributed by atoms with E-state index >= 15 is 0 Å². The van der Waals surface area contributed by atoms with Gasteiger partial charge < -0.3 is 15.5 Å². The first-order chi connectivity index (χ1) is 16.4. The lowest BCUT2D eigenvalue weighted by molar-refractivity contribution is -0.133. The Bertz CT molecular complexity index is 968. The monoisotopic (exact) mass is 463 g/mol. The molecule has 3 rings (SSSR count). The van der Waals surface area contributed by atoms with E-state index in [-0.39, 0.29) is 29.7 Å². The smallest absolute Gasteiger partial charge is 0.251 e. The molecule has 1 fully saturated rings. The van der Waals surface area contributed by atoms with Gasteiger partial charge in [0.05, 0.1) is 0 Å². The lowest BCUT2D eigenvalue weighted by Crippen LogP contribution is -2.55. The fourth-order valence-electron chi connectivity index (χ4n) is 4.38. The molecule has 1 aliphatic rings. The number of likely N-dealkylation sites (tertiary alicyclic amines) is 1. The van der Waals surface area contributed by atoms with E-state index in [0.717, 1.165) is 24.0 Å². The third kappa shape index (κ3) is 7.17. The van der Waals surface area contributed by atoms with E-state index in [0.29, 0.717) is 37.9 Å². The SMILES string of the molecule is CC[C@H](C)NC(=O)[C@@H](NC(=O)c1cccc(C)c1)C1CCN(C(=O)CCc2ccccc2)CC1. The minimum Gasteiger partial charge on any atom is -0.352 e. The molecule has 1 aliphatic heterocycles. The normalized spacial score (nSPS) is 15.9.